The fraction of sp³-hybridized carbons (Fsp3) is 0.636. The van der Waals surface area contributed by atoms with E-state index in [1.807, 2.05) is 6.07 Å². The first kappa shape index (κ1) is 13.0. The van der Waals surface area contributed by atoms with Crippen molar-refractivity contribution in [2.75, 3.05) is 6.61 Å². The minimum absolute atomic E-state index is 0.0938. The molecule has 90 valence electrons. The Morgan fingerprint density at radius 3 is 2.88 bits per heavy atom. The van der Waals surface area contributed by atoms with Crippen LogP contribution >= 0.6 is 46.1 Å². The van der Waals surface area contributed by atoms with Crippen LogP contribution in [0, 0.1) is 5.92 Å². The van der Waals surface area contributed by atoms with E-state index in [1.165, 1.54) is 11.3 Å². The molecule has 1 aromatic heterocycles. The van der Waals surface area contributed by atoms with Crippen LogP contribution in [-0.2, 0) is 4.74 Å². The fourth-order valence-electron chi connectivity index (χ4n) is 2.19. The average Bonchev–Trinajstić information content (AvgIpc) is 2.83. The van der Waals surface area contributed by atoms with E-state index in [0.717, 1.165) is 25.0 Å². The SMILES string of the molecule is CCC1OCCC1C(Cl)c1cc(Cl)sc1Cl. The molecule has 0 aromatic carbocycles. The van der Waals surface area contributed by atoms with Crippen molar-refractivity contribution in [2.45, 2.75) is 31.2 Å². The molecule has 0 radical (unpaired) electrons. The molecule has 0 spiro atoms. The zero-order valence-electron chi connectivity index (χ0n) is 8.88. The van der Waals surface area contributed by atoms with Gasteiger partial charge in [-0.05, 0) is 18.9 Å². The number of hydrogen-bond donors (Lipinski definition) is 0. The molecule has 3 atom stereocenters. The summed E-state index contributed by atoms with van der Waals surface area (Å²) in [6.45, 7) is 2.91. The van der Waals surface area contributed by atoms with Crippen molar-refractivity contribution in [1.29, 1.82) is 0 Å². The molecule has 1 aromatic rings. The molecule has 5 heteroatoms. The number of alkyl halides is 1. The lowest BCUT2D eigenvalue weighted by molar-refractivity contribution is 0.0865. The highest BCUT2D eigenvalue weighted by molar-refractivity contribution is 7.20. The summed E-state index contributed by atoms with van der Waals surface area (Å²) >= 11 is 19.9. The highest BCUT2D eigenvalue weighted by Gasteiger charge is 2.34. The van der Waals surface area contributed by atoms with Crippen molar-refractivity contribution < 1.29 is 4.74 Å². The molecule has 2 rings (SSSR count). The van der Waals surface area contributed by atoms with Crippen LogP contribution in [0.25, 0.3) is 0 Å². The summed E-state index contributed by atoms with van der Waals surface area (Å²) in [4.78, 5) is 0. The first-order valence-corrected chi connectivity index (χ1v) is 7.34. The Kier molecular flexibility index (Phi) is 4.42. The van der Waals surface area contributed by atoms with Crippen molar-refractivity contribution in [1.82, 2.24) is 0 Å². The average molecular weight is 300 g/mol. The monoisotopic (exact) mass is 298 g/mol. The Bertz CT molecular complexity index is 366. The predicted molar refractivity (Wildman–Crippen MR) is 71.1 cm³/mol. The van der Waals surface area contributed by atoms with E-state index in [4.69, 9.17) is 39.5 Å². The van der Waals surface area contributed by atoms with Crippen molar-refractivity contribution in [3.8, 4) is 0 Å². The van der Waals surface area contributed by atoms with E-state index in [9.17, 15) is 0 Å². The molecular weight excluding hydrogens is 287 g/mol. The van der Waals surface area contributed by atoms with Gasteiger partial charge in [0.25, 0.3) is 0 Å². The molecule has 0 bridgehead atoms. The van der Waals surface area contributed by atoms with E-state index in [1.54, 1.807) is 0 Å². The molecule has 1 saturated heterocycles. The van der Waals surface area contributed by atoms with Gasteiger partial charge >= 0.3 is 0 Å². The summed E-state index contributed by atoms with van der Waals surface area (Å²) in [6.07, 6.45) is 2.23. The third kappa shape index (κ3) is 2.51. The lowest BCUT2D eigenvalue weighted by Gasteiger charge is -2.21. The van der Waals surface area contributed by atoms with Crippen LogP contribution in [0.3, 0.4) is 0 Å². The number of thiophene rings is 1. The Morgan fingerprint density at radius 2 is 2.31 bits per heavy atom. The van der Waals surface area contributed by atoms with Crippen molar-refractivity contribution >= 4 is 46.1 Å². The lowest BCUT2D eigenvalue weighted by atomic mass is 9.92. The minimum Gasteiger partial charge on any atom is -0.378 e. The summed E-state index contributed by atoms with van der Waals surface area (Å²) in [5.41, 5.74) is 0.951. The third-order valence-electron chi connectivity index (χ3n) is 3.02. The van der Waals surface area contributed by atoms with E-state index in [-0.39, 0.29) is 11.5 Å². The van der Waals surface area contributed by atoms with Gasteiger partial charge in [-0.25, -0.2) is 0 Å². The van der Waals surface area contributed by atoms with Gasteiger partial charge in [0.05, 0.1) is 20.2 Å². The molecular formula is C11H13Cl3OS. The third-order valence-corrected chi connectivity index (χ3v) is 5.10. The van der Waals surface area contributed by atoms with Crippen molar-refractivity contribution in [2.24, 2.45) is 5.92 Å². The lowest BCUT2D eigenvalue weighted by Crippen LogP contribution is -2.19. The summed E-state index contributed by atoms with van der Waals surface area (Å²) in [7, 11) is 0. The maximum atomic E-state index is 6.49. The summed E-state index contributed by atoms with van der Waals surface area (Å²) in [6, 6.07) is 1.87. The number of hydrogen-bond acceptors (Lipinski definition) is 2. The molecule has 2 heterocycles. The van der Waals surface area contributed by atoms with E-state index >= 15 is 0 Å². The topological polar surface area (TPSA) is 9.23 Å². The Labute approximate surface area is 115 Å². The zero-order valence-corrected chi connectivity index (χ0v) is 12.0. The Balaban J connectivity index is 2.18. The van der Waals surface area contributed by atoms with Crippen LogP contribution in [-0.4, -0.2) is 12.7 Å². The van der Waals surface area contributed by atoms with Gasteiger partial charge in [0.2, 0.25) is 0 Å². The van der Waals surface area contributed by atoms with Gasteiger partial charge in [-0.1, -0.05) is 30.1 Å². The van der Waals surface area contributed by atoms with E-state index in [2.05, 4.69) is 6.92 Å². The van der Waals surface area contributed by atoms with Crippen molar-refractivity contribution in [3.05, 3.63) is 20.3 Å². The van der Waals surface area contributed by atoms with Crippen LogP contribution in [0.1, 0.15) is 30.7 Å². The van der Waals surface area contributed by atoms with Gasteiger partial charge in [0, 0.05) is 18.1 Å². The molecule has 0 saturated carbocycles. The molecule has 0 N–H and O–H groups in total. The molecule has 16 heavy (non-hydrogen) atoms. The molecule has 1 aliphatic heterocycles. The Morgan fingerprint density at radius 1 is 1.56 bits per heavy atom. The van der Waals surface area contributed by atoms with Crippen LogP contribution in [0.5, 0.6) is 0 Å². The number of ether oxygens (including phenoxy) is 1. The Hall–Kier alpha value is 0.530. The van der Waals surface area contributed by atoms with Crippen LogP contribution in [0.4, 0.5) is 0 Å². The first-order chi connectivity index (χ1) is 7.63. The zero-order chi connectivity index (χ0) is 11.7. The normalized spacial score (nSPS) is 27.2. The second-order valence-corrected chi connectivity index (χ2v) is 6.71. The highest BCUT2D eigenvalue weighted by atomic mass is 35.5. The maximum absolute atomic E-state index is 6.49. The quantitative estimate of drug-likeness (QED) is 0.701. The van der Waals surface area contributed by atoms with Gasteiger partial charge in [-0.3, -0.25) is 0 Å². The maximum Gasteiger partial charge on any atom is 0.0991 e. The molecule has 0 amide bonds. The summed E-state index contributed by atoms with van der Waals surface area (Å²) in [5.74, 6) is 0.342. The predicted octanol–water partition coefficient (Wildman–Crippen LogP) is 5.15. The molecule has 0 aliphatic carbocycles. The van der Waals surface area contributed by atoms with E-state index in [0.29, 0.717) is 14.6 Å². The summed E-state index contributed by atoms with van der Waals surface area (Å²) < 4.78 is 7.04. The van der Waals surface area contributed by atoms with Gasteiger partial charge < -0.3 is 4.74 Å². The molecule has 1 aliphatic rings. The van der Waals surface area contributed by atoms with Crippen molar-refractivity contribution in [3.63, 3.8) is 0 Å². The number of halogens is 3. The van der Waals surface area contributed by atoms with Gasteiger partial charge in [0.15, 0.2) is 0 Å². The summed E-state index contributed by atoms with van der Waals surface area (Å²) in [5, 5.41) is -0.0938. The molecule has 1 fully saturated rings. The van der Waals surface area contributed by atoms with Gasteiger partial charge in [-0.15, -0.1) is 22.9 Å². The smallest absolute Gasteiger partial charge is 0.0991 e. The van der Waals surface area contributed by atoms with Crippen LogP contribution in [0.2, 0.25) is 8.67 Å². The molecule has 3 unspecified atom stereocenters. The van der Waals surface area contributed by atoms with Crippen LogP contribution < -0.4 is 0 Å². The minimum atomic E-state index is -0.0938. The second-order valence-electron chi connectivity index (χ2n) is 3.95. The van der Waals surface area contributed by atoms with Gasteiger partial charge in [-0.2, -0.15) is 0 Å². The second kappa shape index (κ2) is 5.45. The molecule has 1 nitrogen and oxygen atoms in total. The standard InChI is InChI=1S/C11H13Cl3OS/c1-2-8-6(3-4-15-8)10(13)7-5-9(12)16-11(7)14/h5-6,8,10H,2-4H2,1H3. The first-order valence-electron chi connectivity index (χ1n) is 5.34. The largest absolute Gasteiger partial charge is 0.378 e. The van der Waals surface area contributed by atoms with Gasteiger partial charge in [0.1, 0.15) is 0 Å². The van der Waals surface area contributed by atoms with E-state index < -0.39 is 0 Å². The fourth-order valence-corrected chi connectivity index (χ4v) is 4.32. The highest BCUT2D eigenvalue weighted by Crippen LogP contribution is 2.45. The van der Waals surface area contributed by atoms with Crippen LogP contribution in [0.15, 0.2) is 6.07 Å². The number of rotatable bonds is 3.